The van der Waals surface area contributed by atoms with Gasteiger partial charge in [-0.2, -0.15) is 0 Å². The topological polar surface area (TPSA) is 86.8 Å². The molecule has 1 saturated carbocycles. The van der Waals surface area contributed by atoms with Crippen molar-refractivity contribution in [3.8, 4) is 0 Å². The van der Waals surface area contributed by atoms with Gasteiger partial charge in [-0.1, -0.05) is 111 Å². The molecule has 0 radical (unpaired) electrons. The summed E-state index contributed by atoms with van der Waals surface area (Å²) in [6.45, 7) is 1.13. The number of aryl methyl sites for hydroxylation is 1. The summed E-state index contributed by atoms with van der Waals surface area (Å²) in [5, 5.41) is 3.18. The van der Waals surface area contributed by atoms with Crippen molar-refractivity contribution < 1.29 is 22.4 Å². The molecule has 0 aliphatic heterocycles. The minimum Gasteiger partial charge on any atom is -0.352 e. The normalized spacial score (nSPS) is 14.3. The van der Waals surface area contributed by atoms with E-state index in [0.29, 0.717) is 12.1 Å². The molecule has 47 heavy (non-hydrogen) atoms. The van der Waals surface area contributed by atoms with Crippen LogP contribution in [0.1, 0.15) is 55.7 Å². The number of nitrogens with one attached hydrogen (secondary N) is 1. The molecule has 1 aliphatic carbocycles. The van der Waals surface area contributed by atoms with Crippen LogP contribution < -0.4 is 9.62 Å². The Labute approximate surface area is 277 Å². The maximum Gasteiger partial charge on any atom is 0.264 e. The largest absolute Gasteiger partial charge is 0.352 e. The molecular formula is C38H42FN3O4S. The fourth-order valence-corrected chi connectivity index (χ4v) is 7.67. The lowest BCUT2D eigenvalue weighted by molar-refractivity contribution is -0.140. The van der Waals surface area contributed by atoms with Crippen LogP contribution in [-0.4, -0.2) is 43.8 Å². The Bertz CT molecular complexity index is 1750. The van der Waals surface area contributed by atoms with Crippen LogP contribution in [0.25, 0.3) is 0 Å². The van der Waals surface area contributed by atoms with E-state index in [-0.39, 0.29) is 35.4 Å². The van der Waals surface area contributed by atoms with Crippen molar-refractivity contribution in [1.29, 1.82) is 0 Å². The van der Waals surface area contributed by atoms with Gasteiger partial charge in [0, 0.05) is 24.6 Å². The lowest BCUT2D eigenvalue weighted by Gasteiger charge is -2.35. The van der Waals surface area contributed by atoms with Crippen LogP contribution in [-0.2, 0) is 39.0 Å². The monoisotopic (exact) mass is 655 g/mol. The fourth-order valence-electron chi connectivity index (χ4n) is 6.19. The molecule has 0 aromatic heterocycles. The number of hydrogen-bond acceptors (Lipinski definition) is 4. The summed E-state index contributed by atoms with van der Waals surface area (Å²) < 4.78 is 44.8. The highest BCUT2D eigenvalue weighted by Crippen LogP contribution is 2.29. The van der Waals surface area contributed by atoms with Gasteiger partial charge in [0.2, 0.25) is 11.8 Å². The zero-order chi connectivity index (χ0) is 33.2. The first-order valence-electron chi connectivity index (χ1n) is 16.3. The third kappa shape index (κ3) is 8.46. The quantitative estimate of drug-likeness (QED) is 0.174. The molecule has 9 heteroatoms. The van der Waals surface area contributed by atoms with Crippen molar-refractivity contribution in [2.45, 2.75) is 75.4 Å². The Hall–Kier alpha value is -4.50. The summed E-state index contributed by atoms with van der Waals surface area (Å²) in [4.78, 5) is 30.2. The lowest BCUT2D eigenvalue weighted by atomic mass is 9.94. The Balaban J connectivity index is 1.58. The second-order valence-corrected chi connectivity index (χ2v) is 13.8. The van der Waals surface area contributed by atoms with E-state index in [1.54, 1.807) is 48.5 Å². The van der Waals surface area contributed by atoms with Gasteiger partial charge in [-0.05, 0) is 54.7 Å². The van der Waals surface area contributed by atoms with Gasteiger partial charge in [0.25, 0.3) is 10.0 Å². The SMILES string of the molecule is CCc1ccccc1N(CC(=O)N(Cc1ccccc1F)C(Cc1ccccc1)C(=O)NC1CCCCC1)S(=O)(=O)c1ccccc1. The molecule has 1 N–H and O–H groups in total. The van der Waals surface area contributed by atoms with Gasteiger partial charge in [0.1, 0.15) is 18.4 Å². The maximum atomic E-state index is 15.2. The molecule has 0 spiro atoms. The number of sulfonamides is 1. The Morgan fingerprint density at radius 2 is 1.40 bits per heavy atom. The number of benzene rings is 4. The van der Waals surface area contributed by atoms with Crippen LogP contribution in [0.3, 0.4) is 0 Å². The molecule has 1 atom stereocenters. The van der Waals surface area contributed by atoms with Gasteiger partial charge in [-0.25, -0.2) is 12.8 Å². The van der Waals surface area contributed by atoms with Gasteiger partial charge >= 0.3 is 0 Å². The molecule has 0 heterocycles. The van der Waals surface area contributed by atoms with Crippen molar-refractivity contribution in [3.63, 3.8) is 0 Å². The Morgan fingerprint density at radius 1 is 0.809 bits per heavy atom. The number of para-hydroxylation sites is 1. The van der Waals surface area contributed by atoms with Crippen molar-refractivity contribution in [2.75, 3.05) is 10.8 Å². The summed E-state index contributed by atoms with van der Waals surface area (Å²) >= 11 is 0. The molecule has 0 bridgehead atoms. The molecular weight excluding hydrogens is 614 g/mol. The van der Waals surface area contributed by atoms with E-state index >= 15 is 4.39 Å². The van der Waals surface area contributed by atoms with E-state index in [1.807, 2.05) is 49.4 Å². The highest BCUT2D eigenvalue weighted by Gasteiger charge is 2.36. The van der Waals surface area contributed by atoms with Crippen molar-refractivity contribution in [2.24, 2.45) is 0 Å². The van der Waals surface area contributed by atoms with Crippen molar-refractivity contribution in [1.82, 2.24) is 10.2 Å². The standard InChI is InChI=1S/C38H42FN3O4S/c1-2-30-18-13-15-25-35(30)42(47(45,46)33-22-10-5-11-23-33)28-37(43)41(27-31-19-12-14-24-34(31)39)36(26-29-16-6-3-7-17-29)38(44)40-32-20-8-4-9-21-32/h3,5-7,10-19,22-25,32,36H,2,4,8-9,20-21,26-28H2,1H3,(H,40,44). The summed E-state index contributed by atoms with van der Waals surface area (Å²) in [6, 6.07) is 29.5. The van der Waals surface area contributed by atoms with Crippen LogP contribution >= 0.6 is 0 Å². The average molecular weight is 656 g/mol. The van der Waals surface area contributed by atoms with Gasteiger partial charge in [-0.3, -0.25) is 13.9 Å². The molecule has 1 aliphatic rings. The van der Waals surface area contributed by atoms with E-state index in [2.05, 4.69) is 5.32 Å². The number of amides is 2. The Kier molecular flexibility index (Phi) is 11.4. The smallest absolute Gasteiger partial charge is 0.264 e. The fraction of sp³-hybridized carbons (Fsp3) is 0.316. The zero-order valence-corrected chi connectivity index (χ0v) is 27.5. The maximum absolute atomic E-state index is 15.2. The number of carbonyl (C=O) groups excluding carboxylic acids is 2. The van der Waals surface area contributed by atoms with E-state index < -0.39 is 34.3 Å². The van der Waals surface area contributed by atoms with E-state index in [1.165, 1.54) is 23.1 Å². The minimum absolute atomic E-state index is 0.0219. The molecule has 5 rings (SSSR count). The third-order valence-electron chi connectivity index (χ3n) is 8.77. The first-order valence-corrected chi connectivity index (χ1v) is 17.7. The predicted molar refractivity (Wildman–Crippen MR) is 183 cm³/mol. The van der Waals surface area contributed by atoms with E-state index in [9.17, 15) is 18.0 Å². The van der Waals surface area contributed by atoms with Crippen LogP contribution in [0.5, 0.6) is 0 Å². The molecule has 4 aromatic carbocycles. The highest BCUT2D eigenvalue weighted by molar-refractivity contribution is 7.92. The van der Waals surface area contributed by atoms with E-state index in [0.717, 1.165) is 47.5 Å². The van der Waals surface area contributed by atoms with Crippen molar-refractivity contribution in [3.05, 3.63) is 132 Å². The number of carbonyl (C=O) groups is 2. The lowest BCUT2D eigenvalue weighted by Crippen LogP contribution is -2.55. The summed E-state index contributed by atoms with van der Waals surface area (Å²) in [5.74, 6) is -1.46. The number of halogens is 1. The van der Waals surface area contributed by atoms with Gasteiger partial charge in [0.05, 0.1) is 10.6 Å². The first kappa shape index (κ1) is 33.9. The second-order valence-electron chi connectivity index (χ2n) is 12.0. The summed E-state index contributed by atoms with van der Waals surface area (Å²) in [6.07, 6.45) is 5.54. The molecule has 7 nitrogen and oxygen atoms in total. The first-order chi connectivity index (χ1) is 22.8. The summed E-state index contributed by atoms with van der Waals surface area (Å²) in [5.41, 5.74) is 2.18. The molecule has 2 amide bonds. The van der Waals surface area contributed by atoms with Crippen LogP contribution in [0.15, 0.2) is 114 Å². The van der Waals surface area contributed by atoms with Crippen LogP contribution in [0.4, 0.5) is 10.1 Å². The molecule has 1 fully saturated rings. The highest BCUT2D eigenvalue weighted by atomic mass is 32.2. The average Bonchev–Trinajstić information content (AvgIpc) is 3.10. The number of rotatable bonds is 13. The zero-order valence-electron chi connectivity index (χ0n) is 26.7. The van der Waals surface area contributed by atoms with Crippen LogP contribution in [0.2, 0.25) is 0 Å². The second kappa shape index (κ2) is 15.9. The molecule has 1 unspecified atom stereocenters. The molecule has 0 saturated heterocycles. The number of anilines is 1. The van der Waals surface area contributed by atoms with E-state index in [4.69, 9.17) is 0 Å². The number of nitrogens with zero attached hydrogens (tertiary/aromatic N) is 2. The molecule has 246 valence electrons. The van der Waals surface area contributed by atoms with Gasteiger partial charge in [-0.15, -0.1) is 0 Å². The van der Waals surface area contributed by atoms with Crippen molar-refractivity contribution >= 4 is 27.5 Å². The molecule has 4 aromatic rings. The third-order valence-corrected chi connectivity index (χ3v) is 10.5. The summed E-state index contributed by atoms with van der Waals surface area (Å²) in [7, 11) is -4.21. The minimum atomic E-state index is -4.21. The number of hydrogen-bond donors (Lipinski definition) is 1. The Morgan fingerprint density at radius 3 is 2.06 bits per heavy atom. The van der Waals surface area contributed by atoms with Crippen LogP contribution in [0, 0.1) is 5.82 Å². The van der Waals surface area contributed by atoms with Gasteiger partial charge < -0.3 is 10.2 Å². The van der Waals surface area contributed by atoms with Gasteiger partial charge in [0.15, 0.2) is 0 Å². The predicted octanol–water partition coefficient (Wildman–Crippen LogP) is 6.67.